The molecule has 2 aromatic carbocycles. The van der Waals surface area contributed by atoms with Crippen LogP contribution < -0.4 is 19.5 Å². The first-order valence-electron chi connectivity index (χ1n) is 8.91. The number of hydrogen-bond donors (Lipinski definition) is 1. The highest BCUT2D eigenvalue weighted by molar-refractivity contribution is 5.77. The molecule has 3 heterocycles. The van der Waals surface area contributed by atoms with E-state index in [1.165, 1.54) is 0 Å². The van der Waals surface area contributed by atoms with E-state index in [0.717, 1.165) is 45.5 Å². The largest absolute Gasteiger partial charge is 0.497 e. The molecule has 2 aromatic heterocycles. The van der Waals surface area contributed by atoms with Gasteiger partial charge < -0.3 is 19.5 Å². The standard InChI is InChI=1S/C21H18N4O3/c1-26-16-4-2-3-15(10-16)20-21(25-8-7-22-12-19(25)24-20)23-11-14-5-6-17-18(9-14)28-13-27-17/h2-10,12,23H,11,13H2,1H3. The van der Waals surface area contributed by atoms with Crippen LogP contribution in [-0.4, -0.2) is 28.3 Å². The predicted molar refractivity (Wildman–Crippen MR) is 105 cm³/mol. The number of hydrogen-bond acceptors (Lipinski definition) is 6. The molecular formula is C21H18N4O3. The van der Waals surface area contributed by atoms with Crippen LogP contribution in [0.1, 0.15) is 5.56 Å². The van der Waals surface area contributed by atoms with Gasteiger partial charge in [0.25, 0.3) is 0 Å². The number of nitrogens with zero attached hydrogens (tertiary/aromatic N) is 3. The van der Waals surface area contributed by atoms with Gasteiger partial charge in [-0.3, -0.25) is 9.38 Å². The summed E-state index contributed by atoms with van der Waals surface area (Å²) < 4.78 is 18.2. The highest BCUT2D eigenvalue weighted by Crippen LogP contribution is 2.34. The normalized spacial score (nSPS) is 12.3. The van der Waals surface area contributed by atoms with Gasteiger partial charge in [-0.25, -0.2) is 4.98 Å². The topological polar surface area (TPSA) is 69.9 Å². The van der Waals surface area contributed by atoms with Gasteiger partial charge >= 0.3 is 0 Å². The lowest BCUT2D eigenvalue weighted by Gasteiger charge is -2.10. The van der Waals surface area contributed by atoms with Gasteiger partial charge in [-0.1, -0.05) is 18.2 Å². The van der Waals surface area contributed by atoms with Gasteiger partial charge in [-0.15, -0.1) is 0 Å². The molecule has 7 heteroatoms. The van der Waals surface area contributed by atoms with Crippen LogP contribution in [0.5, 0.6) is 17.2 Å². The van der Waals surface area contributed by atoms with Crippen molar-refractivity contribution in [3.8, 4) is 28.5 Å². The zero-order chi connectivity index (χ0) is 18.9. The van der Waals surface area contributed by atoms with E-state index < -0.39 is 0 Å². The van der Waals surface area contributed by atoms with Crippen molar-refractivity contribution in [2.75, 3.05) is 19.2 Å². The van der Waals surface area contributed by atoms with Crippen LogP contribution in [0.4, 0.5) is 5.82 Å². The summed E-state index contributed by atoms with van der Waals surface area (Å²) in [6.07, 6.45) is 5.39. The van der Waals surface area contributed by atoms with Crippen molar-refractivity contribution in [1.82, 2.24) is 14.4 Å². The first kappa shape index (κ1) is 16.4. The molecule has 4 aromatic rings. The number of rotatable bonds is 5. The van der Waals surface area contributed by atoms with Crippen LogP contribution in [0.2, 0.25) is 0 Å². The number of aromatic nitrogens is 3. The number of ether oxygens (including phenoxy) is 3. The lowest BCUT2D eigenvalue weighted by molar-refractivity contribution is 0.174. The number of benzene rings is 2. The maximum absolute atomic E-state index is 5.48. The zero-order valence-corrected chi connectivity index (χ0v) is 15.3. The number of methoxy groups -OCH3 is 1. The molecule has 1 aliphatic rings. The van der Waals surface area contributed by atoms with Gasteiger partial charge in [0, 0.05) is 24.5 Å². The Bertz CT molecular complexity index is 1160. The molecule has 0 spiro atoms. The molecule has 0 saturated carbocycles. The van der Waals surface area contributed by atoms with Gasteiger partial charge in [0.05, 0.1) is 13.3 Å². The molecular weight excluding hydrogens is 356 g/mol. The maximum Gasteiger partial charge on any atom is 0.231 e. The third kappa shape index (κ3) is 2.87. The summed E-state index contributed by atoms with van der Waals surface area (Å²) in [4.78, 5) is 8.95. The summed E-state index contributed by atoms with van der Waals surface area (Å²) in [6, 6.07) is 13.8. The molecule has 0 fully saturated rings. The van der Waals surface area contributed by atoms with Crippen LogP contribution in [0.15, 0.2) is 61.1 Å². The van der Waals surface area contributed by atoms with E-state index in [4.69, 9.17) is 19.2 Å². The Morgan fingerprint density at radius 1 is 1.14 bits per heavy atom. The molecule has 140 valence electrons. The lowest BCUT2D eigenvalue weighted by Crippen LogP contribution is -2.03. The van der Waals surface area contributed by atoms with Gasteiger partial charge in [0.1, 0.15) is 17.3 Å². The predicted octanol–water partition coefficient (Wildman–Crippen LogP) is 3.75. The van der Waals surface area contributed by atoms with E-state index >= 15 is 0 Å². The summed E-state index contributed by atoms with van der Waals surface area (Å²) in [5.74, 6) is 3.23. The van der Waals surface area contributed by atoms with Crippen molar-refractivity contribution in [2.45, 2.75) is 6.54 Å². The third-order valence-corrected chi connectivity index (χ3v) is 4.67. The van der Waals surface area contributed by atoms with Gasteiger partial charge in [-0.05, 0) is 29.8 Å². The highest BCUT2D eigenvalue weighted by Gasteiger charge is 2.16. The highest BCUT2D eigenvalue weighted by atomic mass is 16.7. The van der Waals surface area contributed by atoms with E-state index in [-0.39, 0.29) is 6.79 Å². The molecule has 1 aliphatic heterocycles. The zero-order valence-electron chi connectivity index (χ0n) is 15.3. The molecule has 0 bridgehead atoms. The smallest absolute Gasteiger partial charge is 0.231 e. The lowest BCUT2D eigenvalue weighted by atomic mass is 10.1. The average Bonchev–Trinajstić information content (AvgIpc) is 3.36. The maximum atomic E-state index is 5.48. The number of fused-ring (bicyclic) bond motifs is 2. The van der Waals surface area contributed by atoms with Crippen LogP contribution in [-0.2, 0) is 6.54 Å². The second-order valence-corrected chi connectivity index (χ2v) is 6.39. The summed E-state index contributed by atoms with van der Waals surface area (Å²) in [5.41, 5.74) is 3.67. The summed E-state index contributed by atoms with van der Waals surface area (Å²) in [7, 11) is 1.66. The molecule has 1 N–H and O–H groups in total. The van der Waals surface area contributed by atoms with E-state index in [0.29, 0.717) is 6.54 Å². The molecule has 0 amide bonds. The Morgan fingerprint density at radius 3 is 3.00 bits per heavy atom. The van der Waals surface area contributed by atoms with Gasteiger partial charge in [-0.2, -0.15) is 0 Å². The first-order chi connectivity index (χ1) is 13.8. The van der Waals surface area contributed by atoms with Crippen molar-refractivity contribution in [1.29, 1.82) is 0 Å². The fourth-order valence-electron chi connectivity index (χ4n) is 3.28. The number of nitrogens with one attached hydrogen (secondary N) is 1. The molecule has 0 unspecified atom stereocenters. The minimum absolute atomic E-state index is 0.270. The Labute approximate surface area is 161 Å². The number of imidazole rings is 1. The molecule has 7 nitrogen and oxygen atoms in total. The van der Waals surface area contributed by atoms with E-state index in [1.54, 1.807) is 19.5 Å². The second-order valence-electron chi connectivity index (χ2n) is 6.39. The molecule has 0 atom stereocenters. The van der Waals surface area contributed by atoms with Crippen LogP contribution in [0, 0.1) is 0 Å². The number of anilines is 1. The first-order valence-corrected chi connectivity index (χ1v) is 8.91. The van der Waals surface area contributed by atoms with E-state index in [1.807, 2.05) is 53.1 Å². The molecule has 28 heavy (non-hydrogen) atoms. The third-order valence-electron chi connectivity index (χ3n) is 4.67. The van der Waals surface area contributed by atoms with Crippen molar-refractivity contribution in [3.05, 3.63) is 66.6 Å². The quantitative estimate of drug-likeness (QED) is 0.574. The summed E-state index contributed by atoms with van der Waals surface area (Å²) in [5, 5.41) is 3.52. The fourth-order valence-corrected chi connectivity index (χ4v) is 3.28. The van der Waals surface area contributed by atoms with Gasteiger partial charge in [0.2, 0.25) is 6.79 Å². The van der Waals surface area contributed by atoms with Crippen molar-refractivity contribution < 1.29 is 14.2 Å². The van der Waals surface area contributed by atoms with Crippen molar-refractivity contribution in [2.24, 2.45) is 0 Å². The van der Waals surface area contributed by atoms with Crippen LogP contribution >= 0.6 is 0 Å². The Balaban J connectivity index is 1.52. The minimum Gasteiger partial charge on any atom is -0.497 e. The molecule has 0 saturated heterocycles. The second kappa shape index (κ2) is 6.77. The summed E-state index contributed by atoms with van der Waals surface area (Å²) in [6.45, 7) is 0.885. The summed E-state index contributed by atoms with van der Waals surface area (Å²) >= 11 is 0. The average molecular weight is 374 g/mol. The van der Waals surface area contributed by atoms with Gasteiger partial charge in [0.15, 0.2) is 17.1 Å². The molecule has 0 aliphatic carbocycles. The van der Waals surface area contributed by atoms with Crippen molar-refractivity contribution >= 4 is 11.5 Å². The Kier molecular flexibility index (Phi) is 3.97. The van der Waals surface area contributed by atoms with E-state index in [2.05, 4.69) is 10.3 Å². The van der Waals surface area contributed by atoms with Crippen molar-refractivity contribution in [3.63, 3.8) is 0 Å². The fraction of sp³-hybridized carbons (Fsp3) is 0.143. The van der Waals surface area contributed by atoms with E-state index in [9.17, 15) is 0 Å². The molecule has 0 radical (unpaired) electrons. The Morgan fingerprint density at radius 2 is 2.07 bits per heavy atom. The minimum atomic E-state index is 0.270. The SMILES string of the molecule is COc1cccc(-c2nc3cnccn3c2NCc2ccc3c(c2)OCO3)c1. The molecule has 5 rings (SSSR count). The monoisotopic (exact) mass is 374 g/mol. The van der Waals surface area contributed by atoms with Crippen LogP contribution in [0.25, 0.3) is 16.9 Å². The van der Waals surface area contributed by atoms with Crippen LogP contribution in [0.3, 0.4) is 0 Å². The Hall–Kier alpha value is -3.74.